The highest BCUT2D eigenvalue weighted by Crippen LogP contribution is 2.28. The molecule has 6 nitrogen and oxygen atoms in total. The third-order valence-electron chi connectivity index (χ3n) is 4.27. The van der Waals surface area contributed by atoms with Gasteiger partial charge in [0.15, 0.2) is 0 Å². The number of thiophene rings is 1. The van der Waals surface area contributed by atoms with E-state index in [0.29, 0.717) is 26.7 Å². The lowest BCUT2D eigenvalue weighted by Crippen LogP contribution is -2.30. The molecule has 0 aliphatic rings. The summed E-state index contributed by atoms with van der Waals surface area (Å²) >= 11 is 1.13. The van der Waals surface area contributed by atoms with Crippen molar-refractivity contribution in [3.63, 3.8) is 0 Å². The van der Waals surface area contributed by atoms with Crippen LogP contribution in [-0.4, -0.2) is 23.8 Å². The van der Waals surface area contributed by atoms with Gasteiger partial charge in [0.2, 0.25) is 0 Å². The first-order chi connectivity index (χ1) is 14.7. The third kappa shape index (κ3) is 5.76. The van der Waals surface area contributed by atoms with E-state index in [1.54, 1.807) is 37.3 Å². The molecule has 0 fully saturated rings. The van der Waals surface area contributed by atoms with Crippen LogP contribution in [0.4, 0.5) is 15.1 Å². The molecule has 8 heteroatoms. The van der Waals surface area contributed by atoms with Gasteiger partial charge in [-0.25, -0.2) is 4.39 Å². The highest BCUT2D eigenvalue weighted by atomic mass is 32.1. The average Bonchev–Trinajstić information content (AvgIpc) is 3.08. The largest absolute Gasteiger partial charge is 0.350 e. The number of amides is 3. The van der Waals surface area contributed by atoms with Crippen LogP contribution in [0.25, 0.3) is 0 Å². The molecule has 0 atom stereocenters. The van der Waals surface area contributed by atoms with E-state index < -0.39 is 11.7 Å². The summed E-state index contributed by atoms with van der Waals surface area (Å²) < 4.78 is 13.3. The number of anilines is 2. The van der Waals surface area contributed by atoms with E-state index >= 15 is 0 Å². The summed E-state index contributed by atoms with van der Waals surface area (Å²) in [4.78, 5) is 37.4. The van der Waals surface area contributed by atoms with Crippen LogP contribution < -0.4 is 16.0 Å². The Morgan fingerprint density at radius 2 is 1.58 bits per heavy atom. The minimum Gasteiger partial charge on any atom is -0.350 e. The third-order valence-corrected chi connectivity index (χ3v) is 5.42. The summed E-state index contributed by atoms with van der Waals surface area (Å²) in [5.74, 6) is -1.46. The molecule has 160 valence electrons. The topological polar surface area (TPSA) is 87.3 Å². The fourth-order valence-corrected chi connectivity index (χ4v) is 3.78. The van der Waals surface area contributed by atoms with Crippen LogP contribution in [0.15, 0.2) is 54.6 Å². The molecule has 1 heterocycles. The quantitative estimate of drug-likeness (QED) is 0.514. The van der Waals surface area contributed by atoms with Crippen LogP contribution in [0.3, 0.4) is 0 Å². The second-order valence-electron chi connectivity index (χ2n) is 7.25. The van der Waals surface area contributed by atoms with E-state index in [-0.39, 0.29) is 23.4 Å². The van der Waals surface area contributed by atoms with Crippen LogP contribution in [-0.2, 0) is 0 Å². The highest BCUT2D eigenvalue weighted by Gasteiger charge is 2.16. The van der Waals surface area contributed by atoms with Gasteiger partial charge in [-0.1, -0.05) is 6.07 Å². The van der Waals surface area contributed by atoms with Gasteiger partial charge >= 0.3 is 0 Å². The number of hydrogen-bond donors (Lipinski definition) is 3. The molecule has 3 aromatic rings. The van der Waals surface area contributed by atoms with E-state index in [2.05, 4.69) is 16.0 Å². The molecule has 0 spiro atoms. The molecular formula is C23H22FN3O3S. The molecule has 2 aromatic carbocycles. The van der Waals surface area contributed by atoms with Crippen molar-refractivity contribution in [1.29, 1.82) is 0 Å². The lowest BCUT2D eigenvalue weighted by atomic mass is 10.2. The molecule has 3 N–H and O–H groups in total. The summed E-state index contributed by atoms with van der Waals surface area (Å²) in [7, 11) is 0. The van der Waals surface area contributed by atoms with Crippen molar-refractivity contribution < 1.29 is 18.8 Å². The molecule has 3 rings (SSSR count). The van der Waals surface area contributed by atoms with Crippen LogP contribution in [0.5, 0.6) is 0 Å². The van der Waals surface area contributed by atoms with Crippen molar-refractivity contribution in [2.75, 3.05) is 10.6 Å². The predicted octanol–water partition coefficient (Wildman–Crippen LogP) is 4.84. The first kappa shape index (κ1) is 22.2. The summed E-state index contributed by atoms with van der Waals surface area (Å²) in [6, 6.07) is 13.7. The van der Waals surface area contributed by atoms with E-state index in [1.807, 2.05) is 13.8 Å². The van der Waals surface area contributed by atoms with Gasteiger partial charge in [0.05, 0.1) is 9.88 Å². The number of aryl methyl sites for hydroxylation is 1. The molecule has 3 amide bonds. The maximum atomic E-state index is 13.3. The smallest absolute Gasteiger partial charge is 0.266 e. The normalized spacial score (nSPS) is 10.6. The zero-order valence-electron chi connectivity index (χ0n) is 17.3. The fourth-order valence-electron chi connectivity index (χ4n) is 2.82. The van der Waals surface area contributed by atoms with Gasteiger partial charge in [-0.05, 0) is 74.9 Å². The minimum absolute atomic E-state index is 0.0317. The Bertz CT molecular complexity index is 1120. The first-order valence-electron chi connectivity index (χ1n) is 9.62. The van der Waals surface area contributed by atoms with Crippen molar-refractivity contribution in [2.24, 2.45) is 0 Å². The highest BCUT2D eigenvalue weighted by molar-refractivity contribution is 7.18. The van der Waals surface area contributed by atoms with Gasteiger partial charge in [0, 0.05) is 22.9 Å². The molecule has 0 bridgehead atoms. The molecule has 0 aliphatic heterocycles. The van der Waals surface area contributed by atoms with Crippen molar-refractivity contribution in [3.05, 3.63) is 82.0 Å². The van der Waals surface area contributed by atoms with Gasteiger partial charge in [0.1, 0.15) is 5.82 Å². The second-order valence-corrected chi connectivity index (χ2v) is 8.30. The van der Waals surface area contributed by atoms with Crippen LogP contribution in [0.1, 0.15) is 49.8 Å². The Hall–Kier alpha value is -3.52. The van der Waals surface area contributed by atoms with Crippen molar-refractivity contribution >= 4 is 39.7 Å². The van der Waals surface area contributed by atoms with Gasteiger partial charge in [-0.3, -0.25) is 14.4 Å². The Balaban J connectivity index is 1.67. The minimum atomic E-state index is -0.497. The Morgan fingerprint density at radius 3 is 2.23 bits per heavy atom. The SMILES string of the molecule is Cc1cc(NC(=O)c2cccc(F)c2)sc1C(=O)Nc1ccc(C(=O)NC(C)C)cc1. The van der Waals surface area contributed by atoms with Gasteiger partial charge in [0.25, 0.3) is 17.7 Å². The molecule has 31 heavy (non-hydrogen) atoms. The number of rotatable bonds is 6. The molecule has 0 unspecified atom stereocenters. The van der Waals surface area contributed by atoms with Gasteiger partial charge in [-0.15, -0.1) is 11.3 Å². The van der Waals surface area contributed by atoms with Crippen LogP contribution in [0, 0.1) is 12.7 Å². The first-order valence-corrected chi connectivity index (χ1v) is 10.4. The Kier molecular flexibility index (Phi) is 6.81. The zero-order valence-corrected chi connectivity index (χ0v) is 18.1. The van der Waals surface area contributed by atoms with Gasteiger partial charge < -0.3 is 16.0 Å². The van der Waals surface area contributed by atoms with Crippen molar-refractivity contribution in [1.82, 2.24) is 5.32 Å². The van der Waals surface area contributed by atoms with E-state index in [0.717, 1.165) is 17.4 Å². The lowest BCUT2D eigenvalue weighted by molar-refractivity contribution is 0.0942. The molecule has 0 saturated carbocycles. The molecular weight excluding hydrogens is 417 g/mol. The van der Waals surface area contributed by atoms with E-state index in [1.165, 1.54) is 18.2 Å². The van der Waals surface area contributed by atoms with E-state index in [4.69, 9.17) is 0 Å². The van der Waals surface area contributed by atoms with Crippen LogP contribution in [0.2, 0.25) is 0 Å². The standard InChI is InChI=1S/C23H22FN3O3S/c1-13(2)25-21(28)15-7-9-18(10-8-15)26-23(30)20-14(3)11-19(31-20)27-22(29)16-5-4-6-17(24)12-16/h4-13H,1-3H3,(H,25,28)(H,26,30)(H,27,29). The summed E-state index contributed by atoms with van der Waals surface area (Å²) in [6.45, 7) is 5.53. The fraction of sp³-hybridized carbons (Fsp3) is 0.174. The van der Waals surface area contributed by atoms with Gasteiger partial charge in [-0.2, -0.15) is 0 Å². The van der Waals surface area contributed by atoms with Crippen molar-refractivity contribution in [2.45, 2.75) is 26.8 Å². The van der Waals surface area contributed by atoms with E-state index in [9.17, 15) is 18.8 Å². The van der Waals surface area contributed by atoms with Crippen molar-refractivity contribution in [3.8, 4) is 0 Å². The number of nitrogens with one attached hydrogen (secondary N) is 3. The number of halogens is 1. The zero-order chi connectivity index (χ0) is 22.5. The number of hydrogen-bond acceptors (Lipinski definition) is 4. The number of carbonyl (C=O) groups is 3. The Morgan fingerprint density at radius 1 is 0.871 bits per heavy atom. The lowest BCUT2D eigenvalue weighted by Gasteiger charge is -2.09. The number of benzene rings is 2. The molecule has 0 radical (unpaired) electrons. The molecule has 0 saturated heterocycles. The maximum absolute atomic E-state index is 13.3. The molecule has 1 aromatic heterocycles. The monoisotopic (exact) mass is 439 g/mol. The summed E-state index contributed by atoms with van der Waals surface area (Å²) in [5.41, 5.74) is 1.94. The number of carbonyl (C=O) groups excluding carboxylic acids is 3. The predicted molar refractivity (Wildman–Crippen MR) is 120 cm³/mol. The maximum Gasteiger partial charge on any atom is 0.266 e. The van der Waals surface area contributed by atoms with Crippen LogP contribution >= 0.6 is 11.3 Å². The second kappa shape index (κ2) is 9.53. The average molecular weight is 440 g/mol. The molecule has 0 aliphatic carbocycles. The summed E-state index contributed by atoms with van der Waals surface area (Å²) in [6.07, 6.45) is 0. The summed E-state index contributed by atoms with van der Waals surface area (Å²) in [5, 5.41) is 8.77. The Labute approximate surface area is 183 Å².